The standard InChI is InChI=1S/C19H20N4O3/c1-3-22-18(25)21-17(20-15-8-10-16(24)11-9-15)23(19(22)26)12-14-6-4-13(2)5-7-14/h4-11,24H,3,12H2,1-2H3,(H,20,21,25). The number of nitrogens with zero attached hydrogens (tertiary/aromatic N) is 3. The molecule has 7 heteroatoms. The second-order valence-electron chi connectivity index (χ2n) is 5.99. The van der Waals surface area contributed by atoms with E-state index >= 15 is 0 Å². The van der Waals surface area contributed by atoms with Crippen molar-refractivity contribution in [2.24, 2.45) is 0 Å². The Balaban J connectivity index is 2.06. The number of hydrogen-bond acceptors (Lipinski definition) is 5. The van der Waals surface area contributed by atoms with Gasteiger partial charge in [0.2, 0.25) is 5.95 Å². The van der Waals surface area contributed by atoms with Gasteiger partial charge in [0, 0.05) is 12.2 Å². The molecule has 0 radical (unpaired) electrons. The molecule has 0 amide bonds. The van der Waals surface area contributed by atoms with Gasteiger partial charge in [-0.25, -0.2) is 14.2 Å². The molecule has 2 aromatic carbocycles. The zero-order chi connectivity index (χ0) is 18.7. The van der Waals surface area contributed by atoms with E-state index < -0.39 is 11.4 Å². The van der Waals surface area contributed by atoms with Gasteiger partial charge in [-0.1, -0.05) is 29.8 Å². The molecular weight excluding hydrogens is 332 g/mol. The van der Waals surface area contributed by atoms with Crippen LogP contribution in [0.25, 0.3) is 0 Å². The summed E-state index contributed by atoms with van der Waals surface area (Å²) in [5.41, 5.74) is 1.64. The third-order valence-electron chi connectivity index (χ3n) is 4.05. The van der Waals surface area contributed by atoms with Crippen LogP contribution in [0.1, 0.15) is 18.1 Å². The number of anilines is 2. The summed E-state index contributed by atoms with van der Waals surface area (Å²) in [6, 6.07) is 14.1. The van der Waals surface area contributed by atoms with Gasteiger partial charge in [-0.15, -0.1) is 0 Å². The molecule has 0 aliphatic rings. The molecule has 0 aliphatic carbocycles. The minimum atomic E-state index is -0.598. The first-order valence-corrected chi connectivity index (χ1v) is 8.31. The summed E-state index contributed by atoms with van der Waals surface area (Å²) in [4.78, 5) is 28.9. The van der Waals surface area contributed by atoms with Gasteiger partial charge in [0.15, 0.2) is 0 Å². The Bertz CT molecular complexity index is 1020. The molecular formula is C19H20N4O3. The van der Waals surface area contributed by atoms with Crippen molar-refractivity contribution in [2.45, 2.75) is 26.9 Å². The van der Waals surface area contributed by atoms with Crippen LogP contribution in [0.4, 0.5) is 11.6 Å². The van der Waals surface area contributed by atoms with Gasteiger partial charge in [0.25, 0.3) is 0 Å². The minimum Gasteiger partial charge on any atom is -0.508 e. The quantitative estimate of drug-likeness (QED) is 0.688. The monoisotopic (exact) mass is 352 g/mol. The molecule has 7 nitrogen and oxygen atoms in total. The molecule has 0 fully saturated rings. The first-order valence-electron chi connectivity index (χ1n) is 8.31. The van der Waals surface area contributed by atoms with E-state index in [0.717, 1.165) is 15.7 Å². The Labute approximate surface area is 150 Å². The molecule has 2 N–H and O–H groups in total. The van der Waals surface area contributed by atoms with Crippen molar-refractivity contribution in [1.29, 1.82) is 0 Å². The second-order valence-corrected chi connectivity index (χ2v) is 5.99. The maximum absolute atomic E-state index is 12.8. The van der Waals surface area contributed by atoms with E-state index in [1.165, 1.54) is 16.7 Å². The average Bonchev–Trinajstić information content (AvgIpc) is 2.62. The van der Waals surface area contributed by atoms with Crippen LogP contribution >= 0.6 is 0 Å². The molecule has 0 unspecified atom stereocenters. The van der Waals surface area contributed by atoms with Crippen LogP contribution in [-0.2, 0) is 13.1 Å². The fourth-order valence-corrected chi connectivity index (χ4v) is 2.59. The molecule has 26 heavy (non-hydrogen) atoms. The van der Waals surface area contributed by atoms with Gasteiger partial charge in [-0.3, -0.25) is 4.57 Å². The predicted octanol–water partition coefficient (Wildman–Crippen LogP) is 2.23. The molecule has 134 valence electrons. The van der Waals surface area contributed by atoms with Crippen LogP contribution in [0.15, 0.2) is 58.1 Å². The van der Waals surface area contributed by atoms with Crippen molar-refractivity contribution < 1.29 is 5.11 Å². The number of aromatic hydroxyl groups is 1. The number of benzene rings is 2. The molecule has 0 bridgehead atoms. The zero-order valence-electron chi connectivity index (χ0n) is 14.6. The van der Waals surface area contributed by atoms with E-state index in [1.807, 2.05) is 31.2 Å². The van der Waals surface area contributed by atoms with Crippen LogP contribution < -0.4 is 16.7 Å². The Morgan fingerprint density at radius 1 is 1.00 bits per heavy atom. The van der Waals surface area contributed by atoms with Gasteiger partial charge >= 0.3 is 11.4 Å². The van der Waals surface area contributed by atoms with Crippen molar-refractivity contribution >= 4 is 11.6 Å². The Hall–Kier alpha value is -3.35. The molecule has 3 rings (SSSR count). The largest absolute Gasteiger partial charge is 0.508 e. The van der Waals surface area contributed by atoms with Gasteiger partial charge in [-0.05, 0) is 43.7 Å². The summed E-state index contributed by atoms with van der Waals surface area (Å²) in [5, 5.41) is 12.4. The summed E-state index contributed by atoms with van der Waals surface area (Å²) in [6.07, 6.45) is 0. The van der Waals surface area contributed by atoms with Gasteiger partial charge in [0.05, 0.1) is 6.54 Å². The number of aryl methyl sites for hydroxylation is 1. The molecule has 3 aromatic rings. The molecule has 1 aromatic heterocycles. The highest BCUT2D eigenvalue weighted by molar-refractivity contribution is 5.54. The van der Waals surface area contributed by atoms with Crippen LogP contribution in [0, 0.1) is 6.92 Å². The third kappa shape index (κ3) is 3.66. The fraction of sp³-hybridized carbons (Fsp3) is 0.211. The van der Waals surface area contributed by atoms with E-state index in [0.29, 0.717) is 5.69 Å². The van der Waals surface area contributed by atoms with Crippen molar-refractivity contribution in [3.8, 4) is 5.75 Å². The third-order valence-corrected chi connectivity index (χ3v) is 4.05. The Morgan fingerprint density at radius 2 is 1.65 bits per heavy atom. The molecule has 0 spiro atoms. The lowest BCUT2D eigenvalue weighted by Crippen LogP contribution is -2.42. The zero-order valence-corrected chi connectivity index (χ0v) is 14.6. The van der Waals surface area contributed by atoms with E-state index in [-0.39, 0.29) is 24.8 Å². The highest BCUT2D eigenvalue weighted by Gasteiger charge is 2.13. The van der Waals surface area contributed by atoms with Crippen LogP contribution in [0.2, 0.25) is 0 Å². The predicted molar refractivity (Wildman–Crippen MR) is 100 cm³/mol. The summed E-state index contributed by atoms with van der Waals surface area (Å²) >= 11 is 0. The van der Waals surface area contributed by atoms with Crippen LogP contribution in [-0.4, -0.2) is 19.2 Å². The number of aromatic nitrogens is 3. The number of phenolic OH excluding ortho intramolecular Hbond substituents is 1. The molecule has 0 aliphatic heterocycles. The van der Waals surface area contributed by atoms with Crippen LogP contribution in [0.5, 0.6) is 5.75 Å². The average molecular weight is 352 g/mol. The van der Waals surface area contributed by atoms with Crippen molar-refractivity contribution in [2.75, 3.05) is 5.32 Å². The first-order chi connectivity index (χ1) is 12.5. The topological polar surface area (TPSA) is 89.2 Å². The summed E-state index contributed by atoms with van der Waals surface area (Å²) < 4.78 is 2.53. The molecule has 1 heterocycles. The second kappa shape index (κ2) is 7.26. The summed E-state index contributed by atoms with van der Waals surface area (Å²) in [5.74, 6) is 0.290. The van der Waals surface area contributed by atoms with Crippen molar-refractivity contribution in [3.05, 3.63) is 80.6 Å². The van der Waals surface area contributed by atoms with E-state index in [9.17, 15) is 14.7 Å². The highest BCUT2D eigenvalue weighted by atomic mass is 16.3. The first kappa shape index (κ1) is 17.5. The smallest absolute Gasteiger partial charge is 0.354 e. The lowest BCUT2D eigenvalue weighted by atomic mass is 10.1. The number of nitrogens with one attached hydrogen (secondary N) is 1. The van der Waals surface area contributed by atoms with Crippen molar-refractivity contribution in [3.63, 3.8) is 0 Å². The fourth-order valence-electron chi connectivity index (χ4n) is 2.59. The highest BCUT2D eigenvalue weighted by Crippen LogP contribution is 2.17. The van der Waals surface area contributed by atoms with E-state index in [2.05, 4.69) is 10.3 Å². The number of phenols is 1. The SMILES string of the molecule is CCn1c(=O)nc(Nc2ccc(O)cc2)n(Cc2ccc(C)cc2)c1=O. The lowest BCUT2D eigenvalue weighted by Gasteiger charge is -2.15. The maximum atomic E-state index is 12.8. The van der Waals surface area contributed by atoms with Gasteiger partial charge in [0.1, 0.15) is 5.75 Å². The summed E-state index contributed by atoms with van der Waals surface area (Å²) in [6.45, 7) is 4.26. The summed E-state index contributed by atoms with van der Waals surface area (Å²) in [7, 11) is 0. The van der Waals surface area contributed by atoms with Crippen molar-refractivity contribution in [1.82, 2.24) is 14.1 Å². The Kier molecular flexibility index (Phi) is 4.88. The van der Waals surface area contributed by atoms with Gasteiger partial charge < -0.3 is 10.4 Å². The number of hydrogen-bond donors (Lipinski definition) is 2. The molecule has 0 saturated heterocycles. The van der Waals surface area contributed by atoms with Crippen LogP contribution in [0.3, 0.4) is 0 Å². The van der Waals surface area contributed by atoms with Gasteiger partial charge in [-0.2, -0.15) is 4.98 Å². The maximum Gasteiger partial charge on any atom is 0.354 e. The molecule has 0 atom stereocenters. The normalized spacial score (nSPS) is 10.7. The van der Waals surface area contributed by atoms with E-state index in [4.69, 9.17) is 0 Å². The molecule has 0 saturated carbocycles. The van der Waals surface area contributed by atoms with E-state index in [1.54, 1.807) is 19.1 Å². The Morgan fingerprint density at radius 3 is 2.27 bits per heavy atom. The minimum absolute atomic E-state index is 0.127. The lowest BCUT2D eigenvalue weighted by molar-refractivity contribution is 0.475. The number of rotatable bonds is 5.